The molecule has 0 aliphatic rings. The molecular formula is C12H14IN3O2. The van der Waals surface area contributed by atoms with E-state index in [4.69, 9.17) is 3.07 Å². The minimum atomic E-state index is 0.0182. The first-order valence-corrected chi connectivity index (χ1v) is 6.60. The number of carbonyl (C=O) groups excluding carboxylic acids is 1. The van der Waals surface area contributed by atoms with E-state index in [2.05, 4.69) is 15.3 Å². The smallest absolute Gasteiger partial charge is 0.222 e. The lowest BCUT2D eigenvalue weighted by Gasteiger charge is -2.03. The van der Waals surface area contributed by atoms with Crippen LogP contribution >= 0.6 is 23.0 Å². The number of pyridine rings is 1. The molecule has 0 bridgehead atoms. The third kappa shape index (κ3) is 3.42. The molecule has 2 heterocycles. The standard InChI is InChI=1S/C12H14IN3O2/c13-18-7-4-11(17)14-6-3-9-8-16-12-10(9)2-1-5-15-12/h1-2,5,8H,3-4,6-7H2,(H,14,17)(H,15,16). The van der Waals surface area contributed by atoms with Crippen LogP contribution in [0.5, 0.6) is 0 Å². The van der Waals surface area contributed by atoms with Crippen LogP contribution in [0.1, 0.15) is 12.0 Å². The van der Waals surface area contributed by atoms with E-state index in [0.717, 1.165) is 17.5 Å². The molecule has 0 fully saturated rings. The van der Waals surface area contributed by atoms with Gasteiger partial charge in [0.15, 0.2) is 0 Å². The van der Waals surface area contributed by atoms with Crippen molar-refractivity contribution < 1.29 is 7.86 Å². The highest BCUT2D eigenvalue weighted by atomic mass is 127. The third-order valence-corrected chi connectivity index (χ3v) is 3.10. The van der Waals surface area contributed by atoms with Crippen LogP contribution < -0.4 is 5.32 Å². The van der Waals surface area contributed by atoms with Gasteiger partial charge in [-0.1, -0.05) is 0 Å². The first kappa shape index (κ1) is 13.3. The van der Waals surface area contributed by atoms with Crippen LogP contribution in [0.4, 0.5) is 0 Å². The average molecular weight is 359 g/mol. The van der Waals surface area contributed by atoms with Crippen LogP contribution in [-0.4, -0.2) is 29.0 Å². The zero-order valence-corrected chi connectivity index (χ0v) is 11.9. The molecule has 0 aliphatic carbocycles. The van der Waals surface area contributed by atoms with Crippen molar-refractivity contribution in [3.63, 3.8) is 0 Å². The molecule has 0 unspecified atom stereocenters. The summed E-state index contributed by atoms with van der Waals surface area (Å²) in [6.45, 7) is 1.07. The molecule has 96 valence electrons. The Morgan fingerprint density at radius 2 is 2.44 bits per heavy atom. The number of nitrogens with zero attached hydrogens (tertiary/aromatic N) is 1. The lowest BCUT2D eigenvalue weighted by atomic mass is 10.1. The van der Waals surface area contributed by atoms with E-state index in [0.29, 0.717) is 19.6 Å². The first-order valence-electron chi connectivity index (χ1n) is 5.72. The number of fused-ring (bicyclic) bond motifs is 1. The summed E-state index contributed by atoms with van der Waals surface area (Å²) in [6, 6.07) is 3.94. The van der Waals surface area contributed by atoms with Gasteiger partial charge in [-0.05, 0) is 24.1 Å². The number of hydrogen-bond donors (Lipinski definition) is 2. The maximum Gasteiger partial charge on any atom is 0.222 e. The van der Waals surface area contributed by atoms with Crippen molar-refractivity contribution in [1.82, 2.24) is 15.3 Å². The Labute approximate surface area is 119 Å². The zero-order chi connectivity index (χ0) is 12.8. The minimum absolute atomic E-state index is 0.0182. The highest BCUT2D eigenvalue weighted by Crippen LogP contribution is 2.15. The second-order valence-electron chi connectivity index (χ2n) is 3.88. The summed E-state index contributed by atoms with van der Waals surface area (Å²) in [7, 11) is 0. The molecular weight excluding hydrogens is 345 g/mol. The quantitative estimate of drug-likeness (QED) is 0.776. The first-order chi connectivity index (χ1) is 8.81. The molecule has 0 aliphatic heterocycles. The Kier molecular flexibility index (Phi) is 4.94. The maximum absolute atomic E-state index is 11.4. The van der Waals surface area contributed by atoms with E-state index in [1.54, 1.807) is 29.2 Å². The molecule has 6 heteroatoms. The zero-order valence-electron chi connectivity index (χ0n) is 9.78. The van der Waals surface area contributed by atoms with Gasteiger partial charge < -0.3 is 13.4 Å². The maximum atomic E-state index is 11.4. The van der Waals surface area contributed by atoms with Gasteiger partial charge in [-0.25, -0.2) is 4.98 Å². The molecule has 2 aromatic heterocycles. The molecule has 5 nitrogen and oxygen atoms in total. The Hall–Kier alpha value is -1.15. The Balaban J connectivity index is 1.85. The summed E-state index contributed by atoms with van der Waals surface area (Å²) in [5, 5.41) is 3.98. The number of amides is 1. The molecule has 1 amide bonds. The van der Waals surface area contributed by atoms with Gasteiger partial charge in [0.05, 0.1) is 13.0 Å². The van der Waals surface area contributed by atoms with Gasteiger partial charge in [-0.2, -0.15) is 0 Å². The van der Waals surface area contributed by atoms with Gasteiger partial charge >= 0.3 is 0 Å². The number of hydrogen-bond acceptors (Lipinski definition) is 3. The normalized spacial score (nSPS) is 10.7. The van der Waals surface area contributed by atoms with E-state index in [1.807, 2.05) is 18.3 Å². The van der Waals surface area contributed by atoms with Gasteiger partial charge in [-0.3, -0.25) is 4.79 Å². The number of aromatic nitrogens is 2. The van der Waals surface area contributed by atoms with Gasteiger partial charge in [-0.15, -0.1) is 0 Å². The molecule has 0 aromatic carbocycles. The van der Waals surface area contributed by atoms with Crippen molar-refractivity contribution in [2.75, 3.05) is 13.2 Å². The van der Waals surface area contributed by atoms with Crippen LogP contribution in [0.2, 0.25) is 0 Å². The summed E-state index contributed by atoms with van der Waals surface area (Å²) in [5.74, 6) is 0.0182. The second-order valence-corrected chi connectivity index (χ2v) is 4.50. The molecule has 18 heavy (non-hydrogen) atoms. The summed E-state index contributed by atoms with van der Waals surface area (Å²) >= 11 is 1.79. The Morgan fingerprint density at radius 1 is 1.56 bits per heavy atom. The highest BCUT2D eigenvalue weighted by molar-refractivity contribution is 14.1. The molecule has 2 N–H and O–H groups in total. The average Bonchev–Trinajstić information content (AvgIpc) is 2.80. The number of halogens is 1. The van der Waals surface area contributed by atoms with Gasteiger partial charge in [0.1, 0.15) is 28.7 Å². The van der Waals surface area contributed by atoms with E-state index >= 15 is 0 Å². The van der Waals surface area contributed by atoms with E-state index in [9.17, 15) is 4.79 Å². The van der Waals surface area contributed by atoms with Gasteiger partial charge in [0, 0.05) is 24.3 Å². The summed E-state index contributed by atoms with van der Waals surface area (Å²) in [5.41, 5.74) is 2.06. The largest absolute Gasteiger partial charge is 0.356 e. The van der Waals surface area contributed by atoms with Crippen molar-refractivity contribution >= 4 is 39.9 Å². The van der Waals surface area contributed by atoms with Crippen LogP contribution in [0, 0.1) is 0 Å². The molecule has 0 saturated carbocycles. The number of rotatable bonds is 6. The fourth-order valence-electron chi connectivity index (χ4n) is 1.78. The van der Waals surface area contributed by atoms with E-state index in [-0.39, 0.29) is 5.91 Å². The molecule has 2 aromatic rings. The number of carbonyl (C=O) groups is 1. The Morgan fingerprint density at radius 3 is 3.28 bits per heavy atom. The topological polar surface area (TPSA) is 67.0 Å². The van der Waals surface area contributed by atoms with Crippen molar-refractivity contribution in [3.8, 4) is 0 Å². The molecule has 0 atom stereocenters. The number of aromatic amines is 1. The van der Waals surface area contributed by atoms with Crippen LogP contribution in [0.25, 0.3) is 11.0 Å². The minimum Gasteiger partial charge on any atom is -0.356 e. The summed E-state index contributed by atoms with van der Waals surface area (Å²) in [6.07, 6.45) is 4.90. The van der Waals surface area contributed by atoms with Crippen molar-refractivity contribution in [1.29, 1.82) is 0 Å². The van der Waals surface area contributed by atoms with Gasteiger partial charge in [0.2, 0.25) is 5.91 Å². The van der Waals surface area contributed by atoms with Crippen molar-refractivity contribution in [2.24, 2.45) is 0 Å². The fraction of sp³-hybridized carbons (Fsp3) is 0.333. The van der Waals surface area contributed by atoms with Crippen molar-refractivity contribution in [2.45, 2.75) is 12.8 Å². The lowest BCUT2D eigenvalue weighted by molar-refractivity contribution is -0.121. The number of H-pyrrole nitrogens is 1. The SMILES string of the molecule is O=C(CCOI)NCCc1c[nH]c2ncccc12. The van der Waals surface area contributed by atoms with Crippen LogP contribution in [-0.2, 0) is 14.3 Å². The monoisotopic (exact) mass is 359 g/mol. The van der Waals surface area contributed by atoms with Gasteiger partial charge in [0.25, 0.3) is 0 Å². The Bertz CT molecular complexity index is 527. The predicted octanol–water partition coefficient (Wildman–Crippen LogP) is 1.98. The fourth-order valence-corrected chi connectivity index (χ4v) is 2.00. The highest BCUT2D eigenvalue weighted by Gasteiger charge is 2.05. The predicted molar refractivity (Wildman–Crippen MR) is 77.4 cm³/mol. The summed E-state index contributed by atoms with van der Waals surface area (Å²) in [4.78, 5) is 18.7. The van der Waals surface area contributed by atoms with Crippen LogP contribution in [0.15, 0.2) is 24.5 Å². The number of nitrogens with one attached hydrogen (secondary N) is 2. The summed E-state index contributed by atoms with van der Waals surface area (Å²) < 4.78 is 4.82. The second kappa shape index (κ2) is 6.69. The molecule has 0 radical (unpaired) electrons. The van der Waals surface area contributed by atoms with E-state index < -0.39 is 0 Å². The lowest BCUT2D eigenvalue weighted by Crippen LogP contribution is -2.26. The van der Waals surface area contributed by atoms with Crippen molar-refractivity contribution in [3.05, 3.63) is 30.1 Å². The van der Waals surface area contributed by atoms with Crippen LogP contribution in [0.3, 0.4) is 0 Å². The third-order valence-electron chi connectivity index (χ3n) is 2.66. The molecule has 0 saturated heterocycles. The van der Waals surface area contributed by atoms with E-state index in [1.165, 1.54) is 5.56 Å². The molecule has 0 spiro atoms. The molecule has 2 rings (SSSR count).